The van der Waals surface area contributed by atoms with Crippen LogP contribution in [-0.2, 0) is 6.54 Å². The van der Waals surface area contributed by atoms with Crippen LogP contribution in [0.3, 0.4) is 0 Å². The standard InChI is InChI=1S/C16H24N4/c1-2-10-20(15-7-5-14(18)6-8-15)12-13-4-3-9-19-16(13)11-17/h3-4,9,14-15H,2,5-8,10,12,18H2,1H3. The van der Waals surface area contributed by atoms with Crippen molar-refractivity contribution >= 4 is 0 Å². The van der Waals surface area contributed by atoms with Crippen LogP contribution in [0.1, 0.15) is 50.3 Å². The molecule has 2 N–H and O–H groups in total. The number of hydrogen-bond donors (Lipinski definition) is 1. The highest BCUT2D eigenvalue weighted by Crippen LogP contribution is 2.24. The minimum atomic E-state index is 0.378. The Kier molecular flexibility index (Phi) is 5.51. The van der Waals surface area contributed by atoms with Crippen molar-refractivity contribution in [2.75, 3.05) is 6.54 Å². The van der Waals surface area contributed by atoms with E-state index in [0.717, 1.165) is 37.9 Å². The van der Waals surface area contributed by atoms with E-state index < -0.39 is 0 Å². The molecule has 4 nitrogen and oxygen atoms in total. The zero-order valence-corrected chi connectivity index (χ0v) is 12.3. The molecule has 0 spiro atoms. The average molecular weight is 272 g/mol. The first-order chi connectivity index (χ1) is 9.74. The molecule has 0 amide bonds. The van der Waals surface area contributed by atoms with E-state index in [4.69, 9.17) is 11.0 Å². The maximum Gasteiger partial charge on any atom is 0.144 e. The van der Waals surface area contributed by atoms with Crippen LogP contribution in [0, 0.1) is 11.3 Å². The summed E-state index contributed by atoms with van der Waals surface area (Å²) >= 11 is 0. The fourth-order valence-corrected chi connectivity index (χ4v) is 3.03. The fourth-order valence-electron chi connectivity index (χ4n) is 3.03. The highest BCUT2D eigenvalue weighted by Gasteiger charge is 2.24. The molecule has 1 saturated carbocycles. The highest BCUT2D eigenvalue weighted by atomic mass is 15.2. The molecule has 1 aliphatic carbocycles. The van der Waals surface area contributed by atoms with Gasteiger partial charge >= 0.3 is 0 Å². The first-order valence-corrected chi connectivity index (χ1v) is 7.58. The molecule has 0 atom stereocenters. The second-order valence-corrected chi connectivity index (χ2v) is 5.66. The molecular formula is C16H24N4. The zero-order chi connectivity index (χ0) is 14.4. The van der Waals surface area contributed by atoms with Gasteiger partial charge in [-0.2, -0.15) is 5.26 Å². The summed E-state index contributed by atoms with van der Waals surface area (Å²) in [6, 6.07) is 7.10. The van der Waals surface area contributed by atoms with Crippen molar-refractivity contribution in [1.82, 2.24) is 9.88 Å². The van der Waals surface area contributed by atoms with Crippen molar-refractivity contribution in [2.24, 2.45) is 5.73 Å². The smallest absolute Gasteiger partial charge is 0.144 e. The summed E-state index contributed by atoms with van der Waals surface area (Å²) in [4.78, 5) is 6.66. The monoisotopic (exact) mass is 272 g/mol. The van der Waals surface area contributed by atoms with Gasteiger partial charge in [-0.1, -0.05) is 13.0 Å². The summed E-state index contributed by atoms with van der Waals surface area (Å²) in [5.41, 5.74) is 7.59. The summed E-state index contributed by atoms with van der Waals surface area (Å²) in [6.45, 7) is 4.10. The molecule has 1 aliphatic rings. The summed E-state index contributed by atoms with van der Waals surface area (Å²) in [7, 11) is 0. The minimum Gasteiger partial charge on any atom is -0.328 e. The molecule has 0 aromatic carbocycles. The van der Waals surface area contributed by atoms with Gasteiger partial charge in [-0.15, -0.1) is 0 Å². The lowest BCUT2D eigenvalue weighted by molar-refractivity contribution is 0.142. The summed E-state index contributed by atoms with van der Waals surface area (Å²) in [5, 5.41) is 9.16. The molecule has 0 aliphatic heterocycles. The van der Waals surface area contributed by atoms with Gasteiger partial charge in [-0.3, -0.25) is 4.90 Å². The van der Waals surface area contributed by atoms with Crippen molar-refractivity contribution in [3.63, 3.8) is 0 Å². The maximum atomic E-state index is 9.16. The van der Waals surface area contributed by atoms with Crippen molar-refractivity contribution in [3.8, 4) is 6.07 Å². The third kappa shape index (κ3) is 3.78. The lowest BCUT2D eigenvalue weighted by Gasteiger charge is -2.36. The van der Waals surface area contributed by atoms with Crippen molar-refractivity contribution < 1.29 is 0 Å². The topological polar surface area (TPSA) is 65.9 Å². The first-order valence-electron chi connectivity index (χ1n) is 7.58. The van der Waals surface area contributed by atoms with E-state index in [1.165, 1.54) is 12.8 Å². The van der Waals surface area contributed by atoms with Gasteiger partial charge in [-0.05, 0) is 44.7 Å². The van der Waals surface area contributed by atoms with Gasteiger partial charge in [0.15, 0.2) is 0 Å². The summed E-state index contributed by atoms with van der Waals surface area (Å²) < 4.78 is 0. The predicted octanol–water partition coefficient (Wildman–Crippen LogP) is 2.44. The maximum absolute atomic E-state index is 9.16. The van der Waals surface area contributed by atoms with Crippen molar-refractivity contribution in [2.45, 2.75) is 57.7 Å². The van der Waals surface area contributed by atoms with Crippen molar-refractivity contribution in [1.29, 1.82) is 5.26 Å². The lowest BCUT2D eigenvalue weighted by Crippen LogP contribution is -2.41. The van der Waals surface area contributed by atoms with E-state index >= 15 is 0 Å². The third-order valence-corrected chi connectivity index (χ3v) is 4.14. The molecule has 20 heavy (non-hydrogen) atoms. The molecular weight excluding hydrogens is 248 g/mol. The van der Waals surface area contributed by atoms with Gasteiger partial charge in [0, 0.05) is 30.4 Å². The zero-order valence-electron chi connectivity index (χ0n) is 12.3. The second-order valence-electron chi connectivity index (χ2n) is 5.66. The van der Waals surface area contributed by atoms with E-state index in [1.807, 2.05) is 12.1 Å². The van der Waals surface area contributed by atoms with Gasteiger partial charge in [0.1, 0.15) is 11.8 Å². The van der Waals surface area contributed by atoms with Gasteiger partial charge < -0.3 is 5.73 Å². The summed E-state index contributed by atoms with van der Waals surface area (Å²) in [5.74, 6) is 0. The molecule has 0 unspecified atom stereocenters. The molecule has 108 valence electrons. The van der Waals surface area contributed by atoms with Crippen LogP contribution in [0.2, 0.25) is 0 Å². The largest absolute Gasteiger partial charge is 0.328 e. The van der Waals surface area contributed by atoms with Crippen LogP contribution < -0.4 is 5.73 Å². The Balaban J connectivity index is 2.07. The molecule has 0 bridgehead atoms. The van der Waals surface area contributed by atoms with Gasteiger partial charge in [0.25, 0.3) is 0 Å². The molecule has 1 fully saturated rings. The molecule has 4 heteroatoms. The number of nitrogens with zero attached hydrogens (tertiary/aromatic N) is 3. The molecule has 1 aromatic rings. The Bertz CT molecular complexity index is 458. The first kappa shape index (κ1) is 15.0. The minimum absolute atomic E-state index is 0.378. The van der Waals surface area contributed by atoms with Crippen LogP contribution in [0.25, 0.3) is 0 Å². The molecule has 0 radical (unpaired) electrons. The predicted molar refractivity (Wildman–Crippen MR) is 79.9 cm³/mol. The highest BCUT2D eigenvalue weighted by molar-refractivity contribution is 5.30. The van der Waals surface area contributed by atoms with Crippen molar-refractivity contribution in [3.05, 3.63) is 29.6 Å². The van der Waals surface area contributed by atoms with Crippen LogP contribution in [0.4, 0.5) is 0 Å². The Hall–Kier alpha value is -1.44. The number of rotatable bonds is 5. The number of nitriles is 1. The Morgan fingerprint density at radius 2 is 2.15 bits per heavy atom. The second kappa shape index (κ2) is 7.37. The molecule has 1 heterocycles. The van der Waals surface area contributed by atoms with Gasteiger partial charge in [0.2, 0.25) is 0 Å². The van der Waals surface area contributed by atoms with E-state index in [0.29, 0.717) is 17.8 Å². The summed E-state index contributed by atoms with van der Waals surface area (Å²) in [6.07, 6.45) is 7.38. The molecule has 0 saturated heterocycles. The van der Waals surface area contributed by atoms with E-state index in [-0.39, 0.29) is 0 Å². The number of nitrogens with two attached hydrogens (primary N) is 1. The molecule has 2 rings (SSSR count). The van der Waals surface area contributed by atoms with Crippen LogP contribution in [0.5, 0.6) is 0 Å². The lowest BCUT2D eigenvalue weighted by atomic mass is 9.90. The van der Waals surface area contributed by atoms with Crippen LogP contribution in [0.15, 0.2) is 18.3 Å². The van der Waals surface area contributed by atoms with E-state index in [2.05, 4.69) is 22.9 Å². The fraction of sp³-hybridized carbons (Fsp3) is 0.625. The third-order valence-electron chi connectivity index (χ3n) is 4.14. The number of aromatic nitrogens is 1. The Labute approximate surface area is 121 Å². The normalized spacial score (nSPS) is 22.7. The Morgan fingerprint density at radius 3 is 2.80 bits per heavy atom. The Morgan fingerprint density at radius 1 is 1.40 bits per heavy atom. The van der Waals surface area contributed by atoms with E-state index in [9.17, 15) is 0 Å². The molecule has 1 aromatic heterocycles. The quantitative estimate of drug-likeness (QED) is 0.894. The average Bonchev–Trinajstić information content (AvgIpc) is 2.48. The SMILES string of the molecule is CCCN(Cc1cccnc1C#N)C1CCC(N)CC1. The van der Waals surface area contributed by atoms with Crippen LogP contribution >= 0.6 is 0 Å². The number of pyridine rings is 1. The van der Waals surface area contributed by atoms with E-state index in [1.54, 1.807) is 6.20 Å². The van der Waals surface area contributed by atoms with Gasteiger partial charge in [-0.25, -0.2) is 4.98 Å². The number of hydrogen-bond acceptors (Lipinski definition) is 4. The van der Waals surface area contributed by atoms with Gasteiger partial charge in [0.05, 0.1) is 0 Å². The van der Waals surface area contributed by atoms with Crippen LogP contribution in [-0.4, -0.2) is 28.5 Å².